The lowest BCUT2D eigenvalue weighted by Gasteiger charge is -2.28. The molecule has 3 unspecified atom stereocenters. The van der Waals surface area contributed by atoms with Crippen LogP contribution in [0.15, 0.2) is 30.3 Å². The summed E-state index contributed by atoms with van der Waals surface area (Å²) >= 11 is 0. The first kappa shape index (κ1) is 27.8. The summed E-state index contributed by atoms with van der Waals surface area (Å²) in [6.45, 7) is 4.80. The third-order valence-electron chi connectivity index (χ3n) is 5.31. The number of hydrogen-bond acceptors (Lipinski definition) is 8. The van der Waals surface area contributed by atoms with Crippen molar-refractivity contribution in [2.75, 3.05) is 19.3 Å². The van der Waals surface area contributed by atoms with Crippen LogP contribution in [0, 0.1) is 0 Å². The van der Waals surface area contributed by atoms with E-state index in [1.165, 1.54) is 18.7 Å². The molecule has 0 aliphatic carbocycles. The van der Waals surface area contributed by atoms with Gasteiger partial charge in [0.25, 0.3) is 5.91 Å². The number of amides is 1. The molecule has 10 nitrogen and oxygen atoms in total. The summed E-state index contributed by atoms with van der Waals surface area (Å²) in [6, 6.07) is 8.87. The topological polar surface area (TPSA) is 129 Å². The second-order valence-electron chi connectivity index (χ2n) is 8.03. The van der Waals surface area contributed by atoms with E-state index >= 15 is 0 Å². The summed E-state index contributed by atoms with van der Waals surface area (Å²) in [7, 11) is -3.89. The number of aryl methyl sites for hydroxylation is 1. The lowest BCUT2D eigenvalue weighted by atomic mass is 10.1. The summed E-state index contributed by atoms with van der Waals surface area (Å²) in [5.74, 6) is -1.66. The Kier molecular flexibility index (Phi) is 11.0. The number of ether oxygens (including phenoxy) is 2. The first-order chi connectivity index (χ1) is 16.1. The number of carboxylic acids is 1. The molecule has 1 aromatic carbocycles. The molecule has 0 radical (unpaired) electrons. The van der Waals surface area contributed by atoms with E-state index in [0.717, 1.165) is 12.0 Å². The highest BCUT2D eigenvalue weighted by molar-refractivity contribution is 7.53. The zero-order chi connectivity index (χ0) is 25.1. The molecule has 1 aliphatic heterocycles. The van der Waals surface area contributed by atoms with Crippen LogP contribution in [0.4, 0.5) is 4.79 Å². The number of nitrogens with zero attached hydrogens (tertiary/aromatic N) is 1. The van der Waals surface area contributed by atoms with Gasteiger partial charge >= 0.3 is 19.7 Å². The highest BCUT2D eigenvalue weighted by Crippen LogP contribution is 2.51. The Balaban J connectivity index is 2.03. The van der Waals surface area contributed by atoms with Crippen LogP contribution >= 0.6 is 7.60 Å². The fourth-order valence-corrected chi connectivity index (χ4v) is 5.69. The molecule has 1 aliphatic rings. The maximum absolute atomic E-state index is 13.6. The van der Waals surface area contributed by atoms with Crippen LogP contribution in [0.1, 0.15) is 52.0 Å². The molecule has 4 atom stereocenters. The number of carbonyl (C=O) groups excluding carboxylic acids is 2. The van der Waals surface area contributed by atoms with E-state index in [1.807, 2.05) is 30.3 Å². The minimum Gasteiger partial charge on any atom is -0.480 e. The second-order valence-corrected chi connectivity index (χ2v) is 10.1. The Morgan fingerprint density at radius 3 is 2.50 bits per heavy atom. The van der Waals surface area contributed by atoms with E-state index in [9.17, 15) is 24.1 Å². The normalized spacial score (nSPS) is 19.1. The molecule has 1 fully saturated rings. The molecule has 0 saturated carbocycles. The molecule has 1 amide bonds. The Bertz CT molecular complexity index is 863. The molecule has 1 aromatic rings. The third-order valence-corrected chi connectivity index (χ3v) is 7.43. The van der Waals surface area contributed by atoms with E-state index in [2.05, 4.69) is 0 Å². The van der Waals surface area contributed by atoms with Crippen molar-refractivity contribution in [3.63, 3.8) is 0 Å². The predicted molar refractivity (Wildman–Crippen MR) is 123 cm³/mol. The molecule has 0 bridgehead atoms. The monoisotopic (exact) mass is 499 g/mol. The van der Waals surface area contributed by atoms with Crippen molar-refractivity contribution in [1.82, 2.24) is 4.90 Å². The summed E-state index contributed by atoms with van der Waals surface area (Å²) in [4.78, 5) is 37.1. The summed E-state index contributed by atoms with van der Waals surface area (Å²) in [6.07, 6.45) is -0.566. The van der Waals surface area contributed by atoms with Crippen molar-refractivity contribution in [2.45, 2.75) is 71.3 Å². The largest absolute Gasteiger partial charge is 0.510 e. The zero-order valence-electron chi connectivity index (χ0n) is 19.9. The number of carbonyl (C=O) groups is 3. The van der Waals surface area contributed by atoms with Crippen LogP contribution < -0.4 is 0 Å². The molecule has 2 rings (SSSR count). The second kappa shape index (κ2) is 13.5. The molecular weight excluding hydrogens is 465 g/mol. The quantitative estimate of drug-likeness (QED) is 0.184. The maximum atomic E-state index is 13.6. The Morgan fingerprint density at radius 2 is 1.85 bits per heavy atom. The molecule has 0 aromatic heterocycles. The van der Waals surface area contributed by atoms with E-state index in [-0.39, 0.29) is 19.3 Å². The maximum Gasteiger partial charge on any atom is 0.510 e. The van der Waals surface area contributed by atoms with Gasteiger partial charge in [-0.05, 0) is 58.4 Å². The highest BCUT2D eigenvalue weighted by Gasteiger charge is 2.39. The van der Waals surface area contributed by atoms with Crippen molar-refractivity contribution in [3.05, 3.63) is 35.9 Å². The van der Waals surface area contributed by atoms with Gasteiger partial charge in [0.2, 0.25) is 6.29 Å². The average molecular weight is 499 g/mol. The minimum atomic E-state index is -3.89. The Hall–Kier alpha value is -2.42. The van der Waals surface area contributed by atoms with Gasteiger partial charge in [-0.2, -0.15) is 0 Å². The molecular formula is C23H34NO9P. The Morgan fingerprint density at radius 1 is 1.15 bits per heavy atom. The van der Waals surface area contributed by atoms with Crippen molar-refractivity contribution in [2.24, 2.45) is 0 Å². The predicted octanol–water partition coefficient (Wildman–Crippen LogP) is 4.22. The third kappa shape index (κ3) is 8.74. The highest BCUT2D eigenvalue weighted by atomic mass is 31.2. The lowest BCUT2D eigenvalue weighted by Crippen LogP contribution is -2.45. The molecule has 34 heavy (non-hydrogen) atoms. The summed E-state index contributed by atoms with van der Waals surface area (Å²) in [5.41, 5.74) is 1.13. The van der Waals surface area contributed by atoms with Gasteiger partial charge in [-0.15, -0.1) is 0 Å². The van der Waals surface area contributed by atoms with Crippen molar-refractivity contribution in [1.29, 1.82) is 0 Å². The van der Waals surface area contributed by atoms with E-state index in [4.69, 9.17) is 18.5 Å². The number of carboxylic acid groups (broad SMARTS) is 1. The fraction of sp³-hybridized carbons (Fsp3) is 0.609. The fourth-order valence-electron chi connectivity index (χ4n) is 3.75. The lowest BCUT2D eigenvalue weighted by molar-refractivity contribution is -0.151. The van der Waals surface area contributed by atoms with Gasteiger partial charge in [0.05, 0.1) is 12.8 Å². The first-order valence-corrected chi connectivity index (χ1v) is 13.2. The van der Waals surface area contributed by atoms with Crippen LogP contribution in [0.25, 0.3) is 0 Å². The van der Waals surface area contributed by atoms with Crippen molar-refractivity contribution < 1.29 is 42.6 Å². The summed E-state index contributed by atoms with van der Waals surface area (Å²) < 4.78 is 34.3. The van der Waals surface area contributed by atoms with E-state index in [0.29, 0.717) is 25.7 Å². The Labute approximate surface area is 200 Å². The number of likely N-dealkylation sites (tertiary alicyclic amines) is 1. The van der Waals surface area contributed by atoms with Gasteiger partial charge in [-0.25, -0.2) is 9.59 Å². The van der Waals surface area contributed by atoms with E-state index < -0.39 is 44.1 Å². The minimum absolute atomic E-state index is 0.00363. The van der Waals surface area contributed by atoms with Crippen LogP contribution in [0.3, 0.4) is 0 Å². The van der Waals surface area contributed by atoms with Gasteiger partial charge < -0.3 is 19.5 Å². The number of rotatable bonds is 13. The van der Waals surface area contributed by atoms with Gasteiger partial charge in [-0.1, -0.05) is 30.3 Å². The van der Waals surface area contributed by atoms with E-state index in [1.54, 1.807) is 6.92 Å². The van der Waals surface area contributed by atoms with Gasteiger partial charge in [0.15, 0.2) is 0 Å². The average Bonchev–Trinajstić information content (AvgIpc) is 3.27. The van der Waals surface area contributed by atoms with Crippen molar-refractivity contribution in [3.8, 4) is 0 Å². The molecule has 0 spiro atoms. The smallest absolute Gasteiger partial charge is 0.480 e. The molecule has 11 heteroatoms. The van der Waals surface area contributed by atoms with Crippen molar-refractivity contribution >= 4 is 25.6 Å². The van der Waals surface area contributed by atoms with Crippen LogP contribution in [-0.2, 0) is 39.1 Å². The molecule has 1 heterocycles. The summed E-state index contributed by atoms with van der Waals surface area (Å²) in [5, 5.41) is 9.36. The van der Waals surface area contributed by atoms with Crippen LogP contribution in [0.2, 0.25) is 0 Å². The number of benzene rings is 1. The SMILES string of the molecule is CCOC(=O)OC(C)OP(=O)(CCCCc1ccccc1)OC(C)C(=O)N1CCC[C@H]1C(=O)O. The zero-order valence-corrected chi connectivity index (χ0v) is 20.8. The molecule has 1 N–H and O–H groups in total. The van der Waals surface area contributed by atoms with Gasteiger partial charge in [0, 0.05) is 6.54 Å². The number of hydrogen-bond donors (Lipinski definition) is 1. The first-order valence-electron chi connectivity index (χ1n) is 11.5. The van der Waals surface area contributed by atoms with Gasteiger partial charge in [0.1, 0.15) is 12.1 Å². The number of unbranched alkanes of at least 4 members (excludes halogenated alkanes) is 1. The molecule has 190 valence electrons. The molecule has 1 saturated heterocycles. The standard InChI is InChI=1S/C23H34NO9P/c1-4-30-23(28)31-18(3)33-34(29,16-9-8-13-19-11-6-5-7-12-19)32-17(2)21(25)24-15-10-14-20(24)22(26)27/h5-7,11-12,17-18,20H,4,8-10,13-16H2,1-3H3,(H,26,27)/t17?,18?,20-,34?/m0/s1. The number of aliphatic carboxylic acids is 1. The van der Waals surface area contributed by atoms with Crippen LogP contribution in [0.5, 0.6) is 0 Å². The van der Waals surface area contributed by atoms with Crippen LogP contribution in [-0.4, -0.2) is 65.8 Å². The van der Waals surface area contributed by atoms with Gasteiger partial charge in [-0.3, -0.25) is 18.4 Å².